The molecule has 0 spiro atoms. The molecule has 4 rings (SSSR count). The third-order valence-corrected chi connectivity index (χ3v) is 4.23. The highest BCUT2D eigenvalue weighted by Crippen LogP contribution is 2.32. The van der Waals surface area contributed by atoms with Gasteiger partial charge in [0.15, 0.2) is 6.29 Å². The van der Waals surface area contributed by atoms with Crippen LogP contribution >= 0.6 is 0 Å². The van der Waals surface area contributed by atoms with E-state index in [1.54, 1.807) is 4.52 Å². The molecule has 0 atom stereocenters. The molecule has 1 aromatic carbocycles. The molecule has 2 N–H and O–H groups in total. The quantitative estimate of drug-likeness (QED) is 0.565. The summed E-state index contributed by atoms with van der Waals surface area (Å²) in [4.78, 5) is 4.63. The fourth-order valence-electron chi connectivity index (χ4n) is 3.02. The van der Waals surface area contributed by atoms with Crippen LogP contribution in [0.15, 0.2) is 67.0 Å². The molecule has 0 saturated heterocycles. The highest BCUT2D eigenvalue weighted by Gasteiger charge is 2.13. The number of hydrogen-bond donors (Lipinski definition) is 2. The van der Waals surface area contributed by atoms with E-state index in [4.69, 9.17) is 0 Å². The van der Waals surface area contributed by atoms with Crippen LogP contribution in [-0.4, -0.2) is 24.8 Å². The molecule has 5 heteroatoms. The van der Waals surface area contributed by atoms with Gasteiger partial charge in [-0.1, -0.05) is 30.3 Å². The van der Waals surface area contributed by atoms with E-state index < -0.39 is 6.29 Å². The molecule has 25 heavy (non-hydrogen) atoms. The molecule has 0 aliphatic heterocycles. The van der Waals surface area contributed by atoms with Gasteiger partial charge in [-0.05, 0) is 42.3 Å². The first-order valence-electron chi connectivity index (χ1n) is 8.00. The van der Waals surface area contributed by atoms with E-state index in [0.717, 1.165) is 28.1 Å². The van der Waals surface area contributed by atoms with Crippen LogP contribution in [-0.2, 0) is 0 Å². The van der Waals surface area contributed by atoms with Crippen LogP contribution in [0.5, 0.6) is 0 Å². The standard InChI is InChI=1S/C20H17N3O2/c1-13-5-4-8-18(22-13)16-7-3-2-6-15(16)14-9-10-23-19(11-14)17(12-21-23)20(24)25/h2-12,20,24-25H,1H3. The number of aliphatic hydroxyl groups excluding tert-OH is 1. The van der Waals surface area contributed by atoms with E-state index in [0.29, 0.717) is 11.1 Å². The van der Waals surface area contributed by atoms with Crippen LogP contribution in [0, 0.1) is 6.92 Å². The van der Waals surface area contributed by atoms with E-state index in [1.807, 2.05) is 67.7 Å². The van der Waals surface area contributed by atoms with Gasteiger partial charge in [0.2, 0.25) is 0 Å². The van der Waals surface area contributed by atoms with Crippen molar-refractivity contribution in [3.05, 3.63) is 78.2 Å². The minimum Gasteiger partial charge on any atom is -0.364 e. The fourth-order valence-corrected chi connectivity index (χ4v) is 3.02. The van der Waals surface area contributed by atoms with Crippen molar-refractivity contribution < 1.29 is 10.2 Å². The van der Waals surface area contributed by atoms with E-state index in [1.165, 1.54) is 6.20 Å². The molecule has 5 nitrogen and oxygen atoms in total. The lowest BCUT2D eigenvalue weighted by molar-refractivity contribution is -0.0413. The van der Waals surface area contributed by atoms with Gasteiger partial charge in [0, 0.05) is 17.5 Å². The maximum absolute atomic E-state index is 9.53. The molecular formula is C20H17N3O2. The second-order valence-electron chi connectivity index (χ2n) is 5.93. The number of benzene rings is 1. The highest BCUT2D eigenvalue weighted by atomic mass is 16.5. The molecule has 0 aliphatic rings. The molecular weight excluding hydrogens is 314 g/mol. The molecule has 0 aliphatic carbocycles. The van der Waals surface area contributed by atoms with Crippen LogP contribution in [0.4, 0.5) is 0 Å². The molecule has 0 radical (unpaired) electrons. The molecule has 0 bridgehead atoms. The molecule has 0 unspecified atom stereocenters. The number of pyridine rings is 2. The fraction of sp³-hybridized carbons (Fsp3) is 0.100. The summed E-state index contributed by atoms with van der Waals surface area (Å²) in [5, 5.41) is 23.2. The van der Waals surface area contributed by atoms with Crippen LogP contribution in [0.1, 0.15) is 17.5 Å². The van der Waals surface area contributed by atoms with Crippen molar-refractivity contribution in [1.29, 1.82) is 0 Å². The molecule has 0 amide bonds. The Morgan fingerprint density at radius 2 is 1.76 bits per heavy atom. The number of aliphatic hydroxyl groups is 2. The second kappa shape index (κ2) is 6.12. The maximum atomic E-state index is 9.53. The maximum Gasteiger partial charge on any atom is 0.182 e. The largest absolute Gasteiger partial charge is 0.364 e. The SMILES string of the molecule is Cc1cccc(-c2ccccc2-c2ccn3ncc(C(O)O)c3c2)n1. The smallest absolute Gasteiger partial charge is 0.182 e. The first-order valence-corrected chi connectivity index (χ1v) is 8.00. The van der Waals surface area contributed by atoms with Crippen molar-refractivity contribution in [3.63, 3.8) is 0 Å². The lowest BCUT2D eigenvalue weighted by atomic mass is 9.97. The number of rotatable bonds is 3. The van der Waals surface area contributed by atoms with Gasteiger partial charge >= 0.3 is 0 Å². The van der Waals surface area contributed by atoms with Gasteiger partial charge in [-0.3, -0.25) is 4.98 Å². The summed E-state index contributed by atoms with van der Waals surface area (Å²) in [6.45, 7) is 1.97. The normalized spacial score (nSPS) is 11.4. The number of hydrogen-bond acceptors (Lipinski definition) is 4. The summed E-state index contributed by atoms with van der Waals surface area (Å²) in [6.07, 6.45) is 1.73. The van der Waals surface area contributed by atoms with Gasteiger partial charge in [-0.15, -0.1) is 0 Å². The average Bonchev–Trinajstić information content (AvgIpc) is 3.05. The Bertz CT molecular complexity index is 1050. The molecule has 4 aromatic rings. The third kappa shape index (κ3) is 2.80. The van der Waals surface area contributed by atoms with Crippen LogP contribution in [0.3, 0.4) is 0 Å². The molecule has 3 heterocycles. The molecule has 0 saturated carbocycles. The Labute approximate surface area is 144 Å². The topological polar surface area (TPSA) is 70.7 Å². The van der Waals surface area contributed by atoms with Crippen molar-refractivity contribution in [2.24, 2.45) is 0 Å². The van der Waals surface area contributed by atoms with Crippen molar-refractivity contribution >= 4 is 5.52 Å². The second-order valence-corrected chi connectivity index (χ2v) is 5.93. The van der Waals surface area contributed by atoms with Crippen molar-refractivity contribution in [1.82, 2.24) is 14.6 Å². The summed E-state index contributed by atoms with van der Waals surface area (Å²) >= 11 is 0. The van der Waals surface area contributed by atoms with Crippen molar-refractivity contribution in [2.45, 2.75) is 13.2 Å². The van der Waals surface area contributed by atoms with Crippen molar-refractivity contribution in [3.8, 4) is 22.4 Å². The van der Waals surface area contributed by atoms with Gasteiger partial charge < -0.3 is 10.2 Å². The molecule has 0 fully saturated rings. The number of fused-ring (bicyclic) bond motifs is 1. The van der Waals surface area contributed by atoms with Gasteiger partial charge in [-0.25, -0.2) is 4.52 Å². The van der Waals surface area contributed by atoms with Crippen LogP contribution < -0.4 is 0 Å². The van der Waals surface area contributed by atoms with Gasteiger partial charge in [0.05, 0.1) is 23.0 Å². The number of nitrogens with zero attached hydrogens (tertiary/aromatic N) is 3. The lowest BCUT2D eigenvalue weighted by Crippen LogP contribution is -1.95. The minimum atomic E-state index is -1.55. The zero-order valence-electron chi connectivity index (χ0n) is 13.7. The zero-order chi connectivity index (χ0) is 17.4. The molecule has 3 aromatic heterocycles. The summed E-state index contributed by atoms with van der Waals surface area (Å²) in [6, 6.07) is 17.9. The van der Waals surface area contributed by atoms with E-state index in [9.17, 15) is 10.2 Å². The highest BCUT2D eigenvalue weighted by molar-refractivity contribution is 5.83. The third-order valence-electron chi connectivity index (χ3n) is 4.23. The summed E-state index contributed by atoms with van der Waals surface area (Å²) in [7, 11) is 0. The number of aryl methyl sites for hydroxylation is 1. The monoisotopic (exact) mass is 331 g/mol. The summed E-state index contributed by atoms with van der Waals surface area (Å²) < 4.78 is 1.63. The van der Waals surface area contributed by atoms with E-state index in [-0.39, 0.29) is 0 Å². The average molecular weight is 331 g/mol. The van der Waals surface area contributed by atoms with E-state index >= 15 is 0 Å². The Morgan fingerprint density at radius 1 is 0.960 bits per heavy atom. The Balaban J connectivity index is 1.91. The van der Waals surface area contributed by atoms with E-state index in [2.05, 4.69) is 10.1 Å². The van der Waals surface area contributed by atoms with Crippen LogP contribution in [0.25, 0.3) is 27.9 Å². The first-order chi connectivity index (χ1) is 12.1. The Morgan fingerprint density at radius 3 is 2.52 bits per heavy atom. The van der Waals surface area contributed by atoms with Gasteiger partial charge in [-0.2, -0.15) is 5.10 Å². The Hall–Kier alpha value is -3.02. The summed E-state index contributed by atoms with van der Waals surface area (Å²) in [5.41, 5.74) is 5.95. The number of aromatic nitrogens is 3. The molecule has 124 valence electrons. The predicted molar refractivity (Wildman–Crippen MR) is 95.8 cm³/mol. The van der Waals surface area contributed by atoms with Crippen LogP contribution in [0.2, 0.25) is 0 Å². The van der Waals surface area contributed by atoms with Gasteiger partial charge in [0.1, 0.15) is 0 Å². The minimum absolute atomic E-state index is 0.382. The van der Waals surface area contributed by atoms with Gasteiger partial charge in [0.25, 0.3) is 0 Å². The predicted octanol–water partition coefficient (Wildman–Crippen LogP) is 3.35. The first kappa shape index (κ1) is 15.5. The summed E-state index contributed by atoms with van der Waals surface area (Å²) in [5.74, 6) is 0. The Kier molecular flexibility index (Phi) is 3.80. The van der Waals surface area contributed by atoms with Crippen molar-refractivity contribution in [2.75, 3.05) is 0 Å². The zero-order valence-corrected chi connectivity index (χ0v) is 13.7. The lowest BCUT2D eigenvalue weighted by Gasteiger charge is -2.11.